The van der Waals surface area contributed by atoms with E-state index in [0.29, 0.717) is 12.8 Å². The maximum Gasteiger partial charge on any atom is 0.123 e. The van der Waals surface area contributed by atoms with Crippen molar-refractivity contribution in [2.24, 2.45) is 0 Å². The van der Waals surface area contributed by atoms with Crippen LogP contribution in [0.4, 0.5) is 4.39 Å². The zero-order valence-electron chi connectivity index (χ0n) is 12.9. The molecule has 1 aromatic heterocycles. The van der Waals surface area contributed by atoms with Crippen molar-refractivity contribution in [2.75, 3.05) is 19.7 Å². The predicted octanol–water partition coefficient (Wildman–Crippen LogP) is 2.32. The number of rotatable bonds is 3. The second-order valence-corrected chi connectivity index (χ2v) is 6.43. The minimum absolute atomic E-state index is 0.175. The summed E-state index contributed by atoms with van der Waals surface area (Å²) in [6, 6.07) is 4.81. The molecule has 1 atom stereocenters. The Morgan fingerprint density at radius 3 is 2.91 bits per heavy atom. The molecule has 22 heavy (non-hydrogen) atoms. The lowest BCUT2D eigenvalue weighted by atomic mass is 9.96. The first-order valence-electron chi connectivity index (χ1n) is 7.83. The van der Waals surface area contributed by atoms with Crippen LogP contribution < -0.4 is 0 Å². The molecule has 0 aliphatic carbocycles. The second kappa shape index (κ2) is 5.99. The van der Waals surface area contributed by atoms with Crippen molar-refractivity contribution in [3.8, 4) is 0 Å². The van der Waals surface area contributed by atoms with Crippen molar-refractivity contribution in [1.82, 2.24) is 9.88 Å². The number of aromatic amines is 1. The quantitative estimate of drug-likeness (QED) is 0.815. The second-order valence-electron chi connectivity index (χ2n) is 6.43. The van der Waals surface area contributed by atoms with Crippen molar-refractivity contribution in [1.29, 1.82) is 0 Å². The van der Waals surface area contributed by atoms with Crippen LogP contribution >= 0.6 is 0 Å². The molecule has 2 heterocycles. The summed E-state index contributed by atoms with van der Waals surface area (Å²) in [4.78, 5) is 5.65. The topological polar surface area (TPSA) is 59.5 Å². The standard InChI is InChI=1S/C17H23FN2O2/c1-12-14-9-13(18)3-4-15(14)19-16(12)10-20-7-2-5-17(22,11-21)6-8-20/h3-4,9,19,21-22H,2,5-8,10-11H2,1H3/t17-/m0/s1. The van der Waals surface area contributed by atoms with E-state index in [4.69, 9.17) is 0 Å². The number of fused-ring (bicyclic) bond motifs is 1. The maximum atomic E-state index is 13.4. The molecule has 0 bridgehead atoms. The van der Waals surface area contributed by atoms with E-state index in [1.54, 1.807) is 12.1 Å². The van der Waals surface area contributed by atoms with Crippen LogP contribution in [-0.2, 0) is 6.54 Å². The molecule has 2 aromatic rings. The number of hydrogen-bond acceptors (Lipinski definition) is 3. The summed E-state index contributed by atoms with van der Waals surface area (Å²) in [6.07, 6.45) is 2.08. The monoisotopic (exact) mass is 306 g/mol. The molecule has 1 aliphatic rings. The lowest BCUT2D eigenvalue weighted by molar-refractivity contribution is -0.0255. The molecular formula is C17H23FN2O2. The van der Waals surface area contributed by atoms with Crippen LogP contribution in [0.25, 0.3) is 10.9 Å². The molecule has 1 aliphatic heterocycles. The van der Waals surface area contributed by atoms with Crippen molar-refractivity contribution < 1.29 is 14.6 Å². The molecular weight excluding hydrogens is 283 g/mol. The van der Waals surface area contributed by atoms with Gasteiger partial charge in [-0.1, -0.05) is 0 Å². The van der Waals surface area contributed by atoms with Gasteiger partial charge in [0.2, 0.25) is 0 Å². The molecule has 0 radical (unpaired) electrons. The summed E-state index contributed by atoms with van der Waals surface area (Å²) < 4.78 is 13.4. The minimum Gasteiger partial charge on any atom is -0.393 e. The smallest absolute Gasteiger partial charge is 0.123 e. The first-order chi connectivity index (χ1) is 10.5. The molecule has 1 aromatic carbocycles. The third-order valence-electron chi connectivity index (χ3n) is 4.81. The molecule has 0 saturated carbocycles. The van der Waals surface area contributed by atoms with Gasteiger partial charge in [-0.05, 0) is 56.5 Å². The van der Waals surface area contributed by atoms with Gasteiger partial charge in [0.15, 0.2) is 0 Å². The highest BCUT2D eigenvalue weighted by atomic mass is 19.1. The number of aryl methyl sites for hydroxylation is 1. The van der Waals surface area contributed by atoms with Gasteiger partial charge in [-0.2, -0.15) is 0 Å². The average molecular weight is 306 g/mol. The van der Waals surface area contributed by atoms with Gasteiger partial charge in [-0.3, -0.25) is 4.90 Å². The van der Waals surface area contributed by atoms with Gasteiger partial charge in [-0.25, -0.2) is 4.39 Å². The number of aromatic nitrogens is 1. The molecule has 4 nitrogen and oxygen atoms in total. The van der Waals surface area contributed by atoms with Crippen LogP contribution in [0.5, 0.6) is 0 Å². The Labute approximate surface area is 129 Å². The molecule has 120 valence electrons. The molecule has 0 amide bonds. The Morgan fingerprint density at radius 1 is 1.32 bits per heavy atom. The highest BCUT2D eigenvalue weighted by Gasteiger charge is 2.29. The van der Waals surface area contributed by atoms with Crippen LogP contribution in [0.3, 0.4) is 0 Å². The number of aliphatic hydroxyl groups excluding tert-OH is 1. The Morgan fingerprint density at radius 2 is 2.14 bits per heavy atom. The number of benzene rings is 1. The third kappa shape index (κ3) is 3.02. The minimum atomic E-state index is -0.937. The van der Waals surface area contributed by atoms with Crippen LogP contribution in [0.2, 0.25) is 0 Å². The van der Waals surface area contributed by atoms with E-state index in [1.807, 2.05) is 6.92 Å². The zero-order valence-corrected chi connectivity index (χ0v) is 12.9. The van der Waals surface area contributed by atoms with Crippen molar-refractivity contribution in [3.05, 3.63) is 35.3 Å². The zero-order chi connectivity index (χ0) is 15.7. The number of aliphatic hydroxyl groups is 2. The molecule has 1 saturated heterocycles. The summed E-state index contributed by atoms with van der Waals surface area (Å²) in [6.45, 7) is 4.23. The van der Waals surface area contributed by atoms with Crippen molar-refractivity contribution in [2.45, 2.75) is 38.3 Å². The van der Waals surface area contributed by atoms with Gasteiger partial charge in [0.05, 0.1) is 12.2 Å². The fourth-order valence-electron chi connectivity index (χ4n) is 3.29. The van der Waals surface area contributed by atoms with E-state index in [2.05, 4.69) is 9.88 Å². The molecule has 3 rings (SSSR count). The molecule has 0 spiro atoms. The maximum absolute atomic E-state index is 13.4. The number of nitrogens with zero attached hydrogens (tertiary/aromatic N) is 1. The first-order valence-corrected chi connectivity index (χ1v) is 7.83. The van der Waals surface area contributed by atoms with E-state index < -0.39 is 5.60 Å². The summed E-state index contributed by atoms with van der Waals surface area (Å²) >= 11 is 0. The summed E-state index contributed by atoms with van der Waals surface area (Å²) in [5.41, 5.74) is 2.19. The van der Waals surface area contributed by atoms with Crippen molar-refractivity contribution >= 4 is 10.9 Å². The molecule has 0 unspecified atom stereocenters. The average Bonchev–Trinajstić information content (AvgIpc) is 2.69. The van der Waals surface area contributed by atoms with Crippen LogP contribution in [0, 0.1) is 12.7 Å². The highest BCUT2D eigenvalue weighted by Crippen LogP contribution is 2.26. The van der Waals surface area contributed by atoms with E-state index in [1.165, 1.54) is 6.07 Å². The molecule has 5 heteroatoms. The number of H-pyrrole nitrogens is 1. The van der Waals surface area contributed by atoms with E-state index in [-0.39, 0.29) is 12.4 Å². The molecule has 1 fully saturated rings. The van der Waals surface area contributed by atoms with E-state index in [0.717, 1.165) is 48.2 Å². The fraction of sp³-hybridized carbons (Fsp3) is 0.529. The van der Waals surface area contributed by atoms with Gasteiger partial charge in [0, 0.05) is 29.7 Å². The lowest BCUT2D eigenvalue weighted by Crippen LogP contribution is -2.34. The summed E-state index contributed by atoms with van der Waals surface area (Å²) in [7, 11) is 0. The number of halogens is 1. The van der Waals surface area contributed by atoms with E-state index in [9.17, 15) is 14.6 Å². The largest absolute Gasteiger partial charge is 0.393 e. The fourth-order valence-corrected chi connectivity index (χ4v) is 3.29. The highest BCUT2D eigenvalue weighted by molar-refractivity contribution is 5.84. The van der Waals surface area contributed by atoms with Gasteiger partial charge < -0.3 is 15.2 Å². The Kier molecular flexibility index (Phi) is 4.21. The predicted molar refractivity (Wildman–Crippen MR) is 84.2 cm³/mol. The van der Waals surface area contributed by atoms with Crippen molar-refractivity contribution in [3.63, 3.8) is 0 Å². The number of hydrogen-bond donors (Lipinski definition) is 3. The van der Waals surface area contributed by atoms with Gasteiger partial charge in [0.1, 0.15) is 5.82 Å². The van der Waals surface area contributed by atoms with Crippen LogP contribution in [-0.4, -0.2) is 45.4 Å². The number of likely N-dealkylation sites (tertiary alicyclic amines) is 1. The lowest BCUT2D eigenvalue weighted by Gasteiger charge is -2.24. The van der Waals surface area contributed by atoms with Gasteiger partial charge in [0.25, 0.3) is 0 Å². The third-order valence-corrected chi connectivity index (χ3v) is 4.81. The SMILES string of the molecule is Cc1c(CN2CCC[C@@](O)(CO)CC2)[nH]c2ccc(F)cc12. The Hall–Kier alpha value is -1.43. The molecule has 3 N–H and O–H groups in total. The van der Waals surface area contributed by atoms with Gasteiger partial charge >= 0.3 is 0 Å². The number of nitrogens with one attached hydrogen (secondary N) is 1. The Bertz CT molecular complexity index is 670. The van der Waals surface area contributed by atoms with Crippen LogP contribution in [0.15, 0.2) is 18.2 Å². The Balaban J connectivity index is 1.77. The van der Waals surface area contributed by atoms with Gasteiger partial charge in [-0.15, -0.1) is 0 Å². The summed E-state index contributed by atoms with van der Waals surface area (Å²) in [5.74, 6) is -0.219. The normalized spacial score (nSPS) is 23.8. The summed E-state index contributed by atoms with van der Waals surface area (Å²) in [5, 5.41) is 20.5. The van der Waals surface area contributed by atoms with Crippen LogP contribution in [0.1, 0.15) is 30.5 Å². The van der Waals surface area contributed by atoms with E-state index >= 15 is 0 Å². The first kappa shape index (κ1) is 15.5.